The van der Waals surface area contributed by atoms with Gasteiger partial charge in [0, 0.05) is 32.4 Å². The molecule has 1 rings (SSSR count). The standard InChI is InChI=1S/C9H20N2O4S2/c1-16(12,13)9-8-10-4-3-5-11(7-6-10)17(2,14)15/h3-9H2,1-2H3. The Morgan fingerprint density at radius 2 is 1.59 bits per heavy atom. The van der Waals surface area contributed by atoms with Crippen LogP contribution in [0.5, 0.6) is 0 Å². The molecule has 1 saturated heterocycles. The van der Waals surface area contributed by atoms with E-state index in [0.29, 0.717) is 26.2 Å². The van der Waals surface area contributed by atoms with Crippen LogP contribution in [0.1, 0.15) is 6.42 Å². The summed E-state index contributed by atoms with van der Waals surface area (Å²) in [6.45, 7) is 2.80. The van der Waals surface area contributed by atoms with Gasteiger partial charge in [0.05, 0.1) is 12.0 Å². The normalized spacial score (nSPS) is 21.3. The molecule has 0 N–H and O–H groups in total. The van der Waals surface area contributed by atoms with E-state index >= 15 is 0 Å². The lowest BCUT2D eigenvalue weighted by Gasteiger charge is -2.20. The highest BCUT2D eigenvalue weighted by Gasteiger charge is 2.21. The van der Waals surface area contributed by atoms with Crippen LogP contribution in [-0.2, 0) is 19.9 Å². The fourth-order valence-electron chi connectivity index (χ4n) is 1.80. The fourth-order valence-corrected chi connectivity index (χ4v) is 3.26. The molecule has 1 heterocycles. The Bertz CT molecular complexity index is 444. The number of hydrogen-bond acceptors (Lipinski definition) is 5. The molecule has 0 aliphatic carbocycles. The first kappa shape index (κ1) is 14.9. The molecule has 0 aromatic carbocycles. The van der Waals surface area contributed by atoms with Gasteiger partial charge in [0.1, 0.15) is 9.84 Å². The molecule has 0 unspecified atom stereocenters. The van der Waals surface area contributed by atoms with E-state index in [4.69, 9.17) is 0 Å². The Morgan fingerprint density at radius 3 is 2.12 bits per heavy atom. The van der Waals surface area contributed by atoms with Gasteiger partial charge in [0.2, 0.25) is 10.0 Å². The molecule has 0 spiro atoms. The lowest BCUT2D eigenvalue weighted by Crippen LogP contribution is -2.35. The fraction of sp³-hybridized carbons (Fsp3) is 1.00. The molecule has 0 radical (unpaired) electrons. The van der Waals surface area contributed by atoms with Crippen molar-refractivity contribution in [1.29, 1.82) is 0 Å². The zero-order chi connectivity index (χ0) is 13.1. The number of sulfone groups is 1. The number of rotatable bonds is 4. The molecule has 0 aromatic rings. The molecule has 6 nitrogen and oxygen atoms in total. The van der Waals surface area contributed by atoms with Gasteiger partial charge in [-0.15, -0.1) is 0 Å². The van der Waals surface area contributed by atoms with Crippen LogP contribution in [0.4, 0.5) is 0 Å². The zero-order valence-corrected chi connectivity index (χ0v) is 11.9. The lowest BCUT2D eigenvalue weighted by molar-refractivity contribution is 0.302. The maximum Gasteiger partial charge on any atom is 0.211 e. The summed E-state index contributed by atoms with van der Waals surface area (Å²) in [6.07, 6.45) is 3.17. The quantitative estimate of drug-likeness (QED) is 0.662. The van der Waals surface area contributed by atoms with Gasteiger partial charge < -0.3 is 4.90 Å². The van der Waals surface area contributed by atoms with Crippen molar-refractivity contribution in [2.24, 2.45) is 0 Å². The molecule has 1 fully saturated rings. The van der Waals surface area contributed by atoms with E-state index in [2.05, 4.69) is 0 Å². The molecule has 0 amide bonds. The highest BCUT2D eigenvalue weighted by atomic mass is 32.2. The Labute approximate surface area is 104 Å². The molecular formula is C9H20N2O4S2. The Hall–Kier alpha value is -0.180. The maximum atomic E-state index is 11.4. The first-order valence-corrected chi connectivity index (χ1v) is 9.44. The first-order valence-electron chi connectivity index (χ1n) is 5.54. The molecule has 1 aliphatic heterocycles. The van der Waals surface area contributed by atoms with Crippen LogP contribution < -0.4 is 0 Å². The second-order valence-electron chi connectivity index (χ2n) is 4.49. The third-order valence-corrected chi connectivity index (χ3v) is 5.02. The van der Waals surface area contributed by atoms with E-state index in [1.54, 1.807) is 0 Å². The largest absolute Gasteiger partial charge is 0.301 e. The van der Waals surface area contributed by atoms with Crippen molar-refractivity contribution >= 4 is 19.9 Å². The predicted molar refractivity (Wildman–Crippen MR) is 67.2 cm³/mol. The number of sulfonamides is 1. The van der Waals surface area contributed by atoms with Gasteiger partial charge in [-0.1, -0.05) is 0 Å². The Morgan fingerprint density at radius 1 is 0.941 bits per heavy atom. The highest BCUT2D eigenvalue weighted by Crippen LogP contribution is 2.06. The van der Waals surface area contributed by atoms with E-state index < -0.39 is 19.9 Å². The third-order valence-electron chi connectivity index (χ3n) is 2.79. The van der Waals surface area contributed by atoms with Crippen molar-refractivity contribution in [2.75, 3.05) is 51.0 Å². The van der Waals surface area contributed by atoms with Crippen molar-refractivity contribution in [1.82, 2.24) is 9.21 Å². The summed E-state index contributed by atoms with van der Waals surface area (Å²) in [7, 11) is -6.08. The molecule has 0 aromatic heterocycles. The smallest absolute Gasteiger partial charge is 0.211 e. The SMILES string of the molecule is CS(=O)(=O)CCN1CCCN(S(C)(=O)=O)CC1. The Balaban J connectivity index is 2.49. The molecule has 0 atom stereocenters. The van der Waals surface area contributed by atoms with Crippen LogP contribution in [0, 0.1) is 0 Å². The van der Waals surface area contributed by atoms with Crippen LogP contribution in [0.25, 0.3) is 0 Å². The highest BCUT2D eigenvalue weighted by molar-refractivity contribution is 7.90. The van der Waals surface area contributed by atoms with Crippen LogP contribution in [0.3, 0.4) is 0 Å². The van der Waals surface area contributed by atoms with E-state index in [-0.39, 0.29) is 5.75 Å². The van der Waals surface area contributed by atoms with Crippen molar-refractivity contribution in [2.45, 2.75) is 6.42 Å². The minimum absolute atomic E-state index is 0.131. The van der Waals surface area contributed by atoms with Crippen LogP contribution >= 0.6 is 0 Å². The minimum Gasteiger partial charge on any atom is -0.301 e. The van der Waals surface area contributed by atoms with Gasteiger partial charge in [-0.05, 0) is 13.0 Å². The predicted octanol–water partition coefficient (Wildman–Crippen LogP) is -1.00. The molecule has 1 aliphatic rings. The van der Waals surface area contributed by atoms with Crippen LogP contribution in [0.15, 0.2) is 0 Å². The third kappa shape index (κ3) is 5.80. The summed E-state index contributed by atoms with van der Waals surface area (Å²) >= 11 is 0. The van der Waals surface area contributed by atoms with Gasteiger partial charge in [-0.25, -0.2) is 21.1 Å². The van der Waals surface area contributed by atoms with Crippen molar-refractivity contribution in [3.8, 4) is 0 Å². The summed E-state index contributed by atoms with van der Waals surface area (Å²) in [4.78, 5) is 2.01. The summed E-state index contributed by atoms with van der Waals surface area (Å²) < 4.78 is 46.3. The maximum absolute atomic E-state index is 11.4. The molecule has 17 heavy (non-hydrogen) atoms. The van der Waals surface area contributed by atoms with Gasteiger partial charge in [0.25, 0.3) is 0 Å². The number of hydrogen-bond donors (Lipinski definition) is 0. The van der Waals surface area contributed by atoms with E-state index in [1.807, 2.05) is 4.90 Å². The molecule has 102 valence electrons. The molecule has 8 heteroatoms. The Kier molecular flexibility index (Phi) is 4.94. The van der Waals surface area contributed by atoms with Crippen molar-refractivity contribution in [3.05, 3.63) is 0 Å². The lowest BCUT2D eigenvalue weighted by atomic mass is 10.4. The average Bonchev–Trinajstić information content (AvgIpc) is 2.37. The van der Waals surface area contributed by atoms with Gasteiger partial charge in [0.15, 0.2) is 0 Å². The number of nitrogens with zero attached hydrogens (tertiary/aromatic N) is 2. The summed E-state index contributed by atoms with van der Waals surface area (Å²) in [5.74, 6) is 0.131. The van der Waals surface area contributed by atoms with E-state index in [9.17, 15) is 16.8 Å². The van der Waals surface area contributed by atoms with E-state index in [1.165, 1.54) is 16.8 Å². The van der Waals surface area contributed by atoms with Crippen molar-refractivity contribution in [3.63, 3.8) is 0 Å². The summed E-state index contributed by atoms with van der Waals surface area (Å²) in [5, 5.41) is 0. The van der Waals surface area contributed by atoms with Gasteiger partial charge in [-0.3, -0.25) is 0 Å². The van der Waals surface area contributed by atoms with Gasteiger partial charge >= 0.3 is 0 Å². The monoisotopic (exact) mass is 284 g/mol. The molecular weight excluding hydrogens is 264 g/mol. The molecule has 0 saturated carbocycles. The van der Waals surface area contributed by atoms with E-state index in [0.717, 1.165) is 13.0 Å². The topological polar surface area (TPSA) is 74.8 Å². The average molecular weight is 284 g/mol. The second kappa shape index (κ2) is 5.64. The molecule has 0 bridgehead atoms. The minimum atomic E-state index is -3.13. The van der Waals surface area contributed by atoms with Crippen molar-refractivity contribution < 1.29 is 16.8 Å². The summed E-state index contributed by atoms with van der Waals surface area (Å²) in [5.41, 5.74) is 0. The zero-order valence-electron chi connectivity index (χ0n) is 10.3. The van der Waals surface area contributed by atoms with Crippen LogP contribution in [-0.4, -0.2) is 77.0 Å². The second-order valence-corrected chi connectivity index (χ2v) is 8.73. The van der Waals surface area contributed by atoms with Crippen LogP contribution in [0.2, 0.25) is 0 Å². The first-order chi connectivity index (χ1) is 7.68. The van der Waals surface area contributed by atoms with Gasteiger partial charge in [-0.2, -0.15) is 0 Å². The summed E-state index contributed by atoms with van der Waals surface area (Å²) in [6, 6.07) is 0.